The molecule has 1 saturated heterocycles. The van der Waals surface area contributed by atoms with Crippen LogP contribution in [0, 0.1) is 0 Å². The number of amides is 1. The fourth-order valence-electron chi connectivity index (χ4n) is 3.68. The normalized spacial score (nSPS) is 16.5. The average molecular weight is 477 g/mol. The minimum absolute atomic E-state index is 0.0633. The molecule has 0 aliphatic carbocycles. The number of aryl methyl sites for hydroxylation is 1. The molecule has 0 spiro atoms. The third kappa shape index (κ3) is 5.29. The molecule has 0 saturated carbocycles. The number of para-hydroxylation sites is 2. The van der Waals surface area contributed by atoms with Crippen molar-refractivity contribution in [3.63, 3.8) is 0 Å². The van der Waals surface area contributed by atoms with Crippen LogP contribution in [-0.4, -0.2) is 49.7 Å². The monoisotopic (exact) mass is 476 g/mol. The Morgan fingerprint density at radius 1 is 1.25 bits per heavy atom. The van der Waals surface area contributed by atoms with E-state index in [-0.39, 0.29) is 34.0 Å². The first-order chi connectivity index (χ1) is 15.4. The van der Waals surface area contributed by atoms with E-state index >= 15 is 0 Å². The highest BCUT2D eigenvalue weighted by Crippen LogP contribution is 2.23. The van der Waals surface area contributed by atoms with E-state index < -0.39 is 10.0 Å². The second-order valence-corrected chi connectivity index (χ2v) is 9.81. The number of rotatable bonds is 9. The van der Waals surface area contributed by atoms with Gasteiger partial charge in [0.2, 0.25) is 10.0 Å². The fraction of sp³-hybridized carbons (Fsp3) is 0.364. The zero-order valence-electron chi connectivity index (χ0n) is 17.5. The summed E-state index contributed by atoms with van der Waals surface area (Å²) in [4.78, 5) is 16.8. The minimum atomic E-state index is -3.86. The summed E-state index contributed by atoms with van der Waals surface area (Å²) in [5, 5.41) is 2.90. The number of nitrogens with one attached hydrogen (secondary N) is 2. The predicted molar refractivity (Wildman–Crippen MR) is 122 cm³/mol. The maximum absolute atomic E-state index is 12.7. The van der Waals surface area contributed by atoms with Crippen LogP contribution < -0.4 is 10.0 Å². The number of sulfonamides is 1. The van der Waals surface area contributed by atoms with E-state index in [0.717, 1.165) is 23.9 Å². The van der Waals surface area contributed by atoms with Gasteiger partial charge >= 0.3 is 0 Å². The molecule has 1 aromatic heterocycles. The van der Waals surface area contributed by atoms with Crippen molar-refractivity contribution in [1.82, 2.24) is 19.6 Å². The molecule has 1 atom stereocenters. The van der Waals surface area contributed by atoms with Crippen molar-refractivity contribution in [3.8, 4) is 0 Å². The van der Waals surface area contributed by atoms with E-state index in [9.17, 15) is 13.2 Å². The molecule has 2 N–H and O–H groups in total. The number of hydrogen-bond donors (Lipinski definition) is 2. The summed E-state index contributed by atoms with van der Waals surface area (Å²) in [5.41, 5.74) is 2.21. The van der Waals surface area contributed by atoms with E-state index in [1.165, 1.54) is 18.2 Å². The van der Waals surface area contributed by atoms with Crippen LogP contribution in [0.2, 0.25) is 5.02 Å². The Labute approximate surface area is 192 Å². The highest BCUT2D eigenvalue weighted by Gasteiger charge is 2.23. The molecular formula is C22H25ClN4O4S. The second-order valence-electron chi connectivity index (χ2n) is 7.67. The maximum atomic E-state index is 12.7. The van der Waals surface area contributed by atoms with Gasteiger partial charge in [-0.05, 0) is 49.6 Å². The quantitative estimate of drug-likeness (QED) is 0.462. The Morgan fingerprint density at radius 3 is 2.91 bits per heavy atom. The van der Waals surface area contributed by atoms with E-state index in [4.69, 9.17) is 16.3 Å². The molecule has 1 aliphatic heterocycles. The number of benzene rings is 2. The van der Waals surface area contributed by atoms with Gasteiger partial charge in [0.1, 0.15) is 4.90 Å². The van der Waals surface area contributed by atoms with Crippen LogP contribution in [0.3, 0.4) is 0 Å². The molecule has 1 fully saturated rings. The van der Waals surface area contributed by atoms with Gasteiger partial charge in [-0.3, -0.25) is 4.79 Å². The highest BCUT2D eigenvalue weighted by atomic mass is 35.5. The lowest BCUT2D eigenvalue weighted by Gasteiger charge is -2.13. The smallest absolute Gasteiger partial charge is 0.251 e. The number of hydrogen-bond acceptors (Lipinski definition) is 5. The van der Waals surface area contributed by atoms with Crippen LogP contribution in [0.15, 0.2) is 53.7 Å². The van der Waals surface area contributed by atoms with E-state index in [1.54, 1.807) is 6.33 Å². The van der Waals surface area contributed by atoms with E-state index in [0.29, 0.717) is 26.1 Å². The number of carbonyl (C=O) groups excluding carboxylic acids is 1. The summed E-state index contributed by atoms with van der Waals surface area (Å²) in [5.74, 6) is -0.354. The van der Waals surface area contributed by atoms with Crippen molar-refractivity contribution >= 4 is 38.6 Å². The first-order valence-corrected chi connectivity index (χ1v) is 12.4. The lowest BCUT2D eigenvalue weighted by molar-refractivity contribution is 0.0952. The summed E-state index contributed by atoms with van der Waals surface area (Å²) in [7, 11) is -3.86. The van der Waals surface area contributed by atoms with Gasteiger partial charge < -0.3 is 14.6 Å². The van der Waals surface area contributed by atoms with Gasteiger partial charge in [0.25, 0.3) is 5.91 Å². The van der Waals surface area contributed by atoms with Gasteiger partial charge in [0, 0.05) is 31.8 Å². The Morgan fingerprint density at radius 2 is 2.09 bits per heavy atom. The molecule has 2 aromatic carbocycles. The maximum Gasteiger partial charge on any atom is 0.251 e. The molecule has 0 radical (unpaired) electrons. The third-order valence-electron chi connectivity index (χ3n) is 5.40. The zero-order valence-corrected chi connectivity index (χ0v) is 19.0. The SMILES string of the molecule is O=C(NCCCn1cnc2ccccc21)c1ccc(Cl)c(S(=O)(=O)NCC2CCCO2)c1. The molecule has 1 amide bonds. The predicted octanol–water partition coefficient (Wildman–Crippen LogP) is 2.97. The zero-order chi connectivity index (χ0) is 22.6. The van der Waals surface area contributed by atoms with Crippen molar-refractivity contribution in [2.24, 2.45) is 0 Å². The second kappa shape index (κ2) is 9.99. The lowest BCUT2D eigenvalue weighted by atomic mass is 10.2. The first kappa shape index (κ1) is 22.7. The van der Waals surface area contributed by atoms with Crippen LogP contribution >= 0.6 is 11.6 Å². The Kier molecular flexibility index (Phi) is 7.10. The summed E-state index contributed by atoms with van der Waals surface area (Å²) in [6, 6.07) is 12.1. The first-order valence-electron chi connectivity index (χ1n) is 10.5. The lowest BCUT2D eigenvalue weighted by Crippen LogP contribution is -2.32. The molecule has 170 valence electrons. The van der Waals surface area contributed by atoms with Gasteiger partial charge in [0.05, 0.1) is 28.5 Å². The molecule has 1 unspecified atom stereocenters. The Bertz CT molecular complexity index is 1210. The molecular weight excluding hydrogens is 452 g/mol. The number of fused-ring (bicyclic) bond motifs is 1. The van der Waals surface area contributed by atoms with Crippen molar-refractivity contribution in [2.45, 2.75) is 36.8 Å². The topological polar surface area (TPSA) is 102 Å². The van der Waals surface area contributed by atoms with Crippen LogP contribution in [0.1, 0.15) is 29.6 Å². The summed E-state index contributed by atoms with van der Waals surface area (Å²) in [6.07, 6.45) is 4.08. The van der Waals surface area contributed by atoms with Crippen LogP contribution in [-0.2, 0) is 21.3 Å². The highest BCUT2D eigenvalue weighted by molar-refractivity contribution is 7.89. The van der Waals surface area contributed by atoms with Crippen molar-refractivity contribution in [1.29, 1.82) is 0 Å². The molecule has 1 aliphatic rings. The van der Waals surface area contributed by atoms with Crippen molar-refractivity contribution < 1.29 is 17.9 Å². The molecule has 2 heterocycles. The number of halogens is 1. The molecule has 3 aromatic rings. The molecule has 4 rings (SSSR count). The summed E-state index contributed by atoms with van der Waals surface area (Å²) >= 11 is 6.12. The number of aromatic nitrogens is 2. The van der Waals surface area contributed by atoms with Gasteiger partial charge in [-0.1, -0.05) is 23.7 Å². The standard InChI is InChI=1S/C22H25ClN4O4S/c23-18-9-8-16(13-21(18)32(29,30)26-14-17-5-3-12-31-17)22(28)24-10-4-11-27-15-25-19-6-1-2-7-20(19)27/h1-2,6-9,13,15,17,26H,3-5,10-12,14H2,(H,24,28). The van der Waals surface area contributed by atoms with Gasteiger partial charge in [-0.2, -0.15) is 0 Å². The van der Waals surface area contributed by atoms with E-state index in [1.807, 2.05) is 28.8 Å². The molecule has 10 heteroatoms. The minimum Gasteiger partial charge on any atom is -0.377 e. The Hall–Kier alpha value is -2.46. The van der Waals surface area contributed by atoms with Gasteiger partial charge in [0.15, 0.2) is 0 Å². The van der Waals surface area contributed by atoms with Crippen LogP contribution in [0.5, 0.6) is 0 Å². The number of nitrogens with zero attached hydrogens (tertiary/aromatic N) is 2. The van der Waals surface area contributed by atoms with Crippen molar-refractivity contribution in [2.75, 3.05) is 19.7 Å². The number of imidazole rings is 1. The van der Waals surface area contributed by atoms with Crippen LogP contribution in [0.4, 0.5) is 0 Å². The fourth-order valence-corrected chi connectivity index (χ4v) is 5.27. The summed E-state index contributed by atoms with van der Waals surface area (Å²) < 4.78 is 35.4. The molecule has 32 heavy (non-hydrogen) atoms. The number of carbonyl (C=O) groups is 1. The molecule has 8 nitrogen and oxygen atoms in total. The van der Waals surface area contributed by atoms with Gasteiger partial charge in [-0.25, -0.2) is 18.1 Å². The third-order valence-corrected chi connectivity index (χ3v) is 7.30. The van der Waals surface area contributed by atoms with Gasteiger partial charge in [-0.15, -0.1) is 0 Å². The van der Waals surface area contributed by atoms with Crippen LogP contribution in [0.25, 0.3) is 11.0 Å². The Balaban J connectivity index is 1.34. The number of ether oxygens (including phenoxy) is 1. The molecule has 0 bridgehead atoms. The largest absolute Gasteiger partial charge is 0.377 e. The van der Waals surface area contributed by atoms with E-state index in [2.05, 4.69) is 15.0 Å². The van der Waals surface area contributed by atoms with Crippen molar-refractivity contribution in [3.05, 3.63) is 59.4 Å². The average Bonchev–Trinajstić information content (AvgIpc) is 3.45. The summed E-state index contributed by atoms with van der Waals surface area (Å²) in [6.45, 7) is 1.96.